The highest BCUT2D eigenvalue weighted by molar-refractivity contribution is 5.09. The lowest BCUT2D eigenvalue weighted by Crippen LogP contribution is -2.45. The molecule has 1 aromatic rings. The molecule has 0 radical (unpaired) electrons. The number of hydrogen-bond donors (Lipinski definition) is 1. The second-order valence-corrected chi connectivity index (χ2v) is 4.72. The van der Waals surface area contributed by atoms with E-state index in [2.05, 4.69) is 40.5 Å². The van der Waals surface area contributed by atoms with E-state index in [4.69, 9.17) is 0 Å². The van der Waals surface area contributed by atoms with Crippen molar-refractivity contribution in [3.05, 3.63) is 17.7 Å². The maximum Gasteiger partial charge on any atom is 0.0954 e. The number of imidazole rings is 1. The first-order valence-corrected chi connectivity index (χ1v) is 6.11. The Morgan fingerprint density at radius 1 is 1.38 bits per heavy atom. The average Bonchev–Trinajstić information content (AvgIpc) is 2.61. The lowest BCUT2D eigenvalue weighted by Gasteiger charge is -2.30. The number of rotatable bonds is 3. The molecule has 4 nitrogen and oxygen atoms in total. The number of nitrogens with zero attached hydrogens (tertiary/aromatic N) is 3. The molecule has 2 heterocycles. The molecule has 1 aliphatic heterocycles. The standard InChI is InChI=1S/C12H22N4/c1-10(8-15-6-4-13-5-7-15)16-9-14-11(2)12(16)3/h9-10,13H,4-8H2,1-3H3. The van der Waals surface area contributed by atoms with Gasteiger partial charge in [0.15, 0.2) is 0 Å². The fraction of sp³-hybridized carbons (Fsp3) is 0.750. The van der Waals surface area contributed by atoms with Crippen molar-refractivity contribution in [2.45, 2.75) is 26.8 Å². The highest BCUT2D eigenvalue weighted by Crippen LogP contribution is 2.14. The molecule has 2 rings (SSSR count). The summed E-state index contributed by atoms with van der Waals surface area (Å²) in [6.45, 7) is 12.2. The minimum atomic E-state index is 0.513. The Hall–Kier alpha value is -0.870. The average molecular weight is 222 g/mol. The van der Waals surface area contributed by atoms with E-state index >= 15 is 0 Å². The molecule has 0 saturated carbocycles. The van der Waals surface area contributed by atoms with Crippen LogP contribution in [0.3, 0.4) is 0 Å². The first-order valence-electron chi connectivity index (χ1n) is 6.11. The summed E-state index contributed by atoms with van der Waals surface area (Å²) in [6, 6.07) is 0.513. The van der Waals surface area contributed by atoms with Gasteiger partial charge in [0.05, 0.1) is 12.0 Å². The van der Waals surface area contributed by atoms with Crippen molar-refractivity contribution in [3.8, 4) is 0 Å². The van der Waals surface area contributed by atoms with Gasteiger partial charge in [-0.25, -0.2) is 4.98 Å². The van der Waals surface area contributed by atoms with Gasteiger partial charge in [0.1, 0.15) is 0 Å². The first kappa shape index (κ1) is 11.6. The molecule has 0 spiro atoms. The van der Waals surface area contributed by atoms with E-state index in [1.165, 1.54) is 5.69 Å². The highest BCUT2D eigenvalue weighted by Gasteiger charge is 2.15. The van der Waals surface area contributed by atoms with E-state index in [0.717, 1.165) is 38.4 Å². The highest BCUT2D eigenvalue weighted by atomic mass is 15.2. The minimum Gasteiger partial charge on any atom is -0.331 e. The predicted octanol–water partition coefficient (Wildman–Crippen LogP) is 0.966. The van der Waals surface area contributed by atoms with Crippen LogP contribution >= 0.6 is 0 Å². The van der Waals surface area contributed by atoms with Crippen LogP contribution < -0.4 is 5.32 Å². The Bertz CT molecular complexity index is 339. The van der Waals surface area contributed by atoms with Crippen molar-refractivity contribution in [2.24, 2.45) is 0 Å². The summed E-state index contributed by atoms with van der Waals surface area (Å²) in [6.07, 6.45) is 1.97. The molecule has 90 valence electrons. The maximum atomic E-state index is 4.36. The third-order valence-corrected chi connectivity index (χ3v) is 3.49. The van der Waals surface area contributed by atoms with E-state index in [-0.39, 0.29) is 0 Å². The molecule has 1 aliphatic rings. The van der Waals surface area contributed by atoms with E-state index < -0.39 is 0 Å². The second kappa shape index (κ2) is 4.97. The quantitative estimate of drug-likeness (QED) is 0.827. The Balaban J connectivity index is 1.96. The van der Waals surface area contributed by atoms with Gasteiger partial charge in [0.2, 0.25) is 0 Å². The normalized spacial score (nSPS) is 19.9. The van der Waals surface area contributed by atoms with Crippen molar-refractivity contribution in [1.82, 2.24) is 19.8 Å². The molecule has 0 amide bonds. The number of aryl methyl sites for hydroxylation is 1. The van der Waals surface area contributed by atoms with E-state index in [1.807, 2.05) is 6.33 Å². The summed E-state index contributed by atoms with van der Waals surface area (Å²) in [5, 5.41) is 3.38. The summed E-state index contributed by atoms with van der Waals surface area (Å²) in [4.78, 5) is 6.89. The summed E-state index contributed by atoms with van der Waals surface area (Å²) in [5.41, 5.74) is 2.44. The van der Waals surface area contributed by atoms with Crippen molar-refractivity contribution in [3.63, 3.8) is 0 Å². The second-order valence-electron chi connectivity index (χ2n) is 4.72. The third-order valence-electron chi connectivity index (χ3n) is 3.49. The number of hydrogen-bond acceptors (Lipinski definition) is 3. The van der Waals surface area contributed by atoms with Gasteiger partial charge in [-0.15, -0.1) is 0 Å². The van der Waals surface area contributed by atoms with Crippen LogP contribution in [0.5, 0.6) is 0 Å². The molecule has 0 aromatic carbocycles. The van der Waals surface area contributed by atoms with E-state index in [0.29, 0.717) is 6.04 Å². The number of piperazine rings is 1. The molecule has 1 saturated heterocycles. The largest absolute Gasteiger partial charge is 0.331 e. The van der Waals surface area contributed by atoms with Crippen molar-refractivity contribution >= 4 is 0 Å². The molecular weight excluding hydrogens is 200 g/mol. The molecule has 1 fully saturated rings. The van der Waals surface area contributed by atoms with Crippen molar-refractivity contribution in [1.29, 1.82) is 0 Å². The van der Waals surface area contributed by atoms with Crippen LogP contribution in [0.25, 0.3) is 0 Å². The molecule has 0 aliphatic carbocycles. The van der Waals surface area contributed by atoms with Crippen LogP contribution in [-0.4, -0.2) is 47.2 Å². The summed E-state index contributed by atoms with van der Waals surface area (Å²) < 4.78 is 2.29. The molecule has 1 atom stereocenters. The van der Waals surface area contributed by atoms with Crippen LogP contribution in [0.4, 0.5) is 0 Å². The molecule has 16 heavy (non-hydrogen) atoms. The third kappa shape index (κ3) is 2.44. The number of nitrogens with one attached hydrogen (secondary N) is 1. The Kier molecular flexibility index (Phi) is 3.61. The smallest absolute Gasteiger partial charge is 0.0954 e. The zero-order valence-corrected chi connectivity index (χ0v) is 10.5. The summed E-state index contributed by atoms with van der Waals surface area (Å²) in [7, 11) is 0. The molecule has 4 heteroatoms. The van der Waals surface area contributed by atoms with Gasteiger partial charge in [-0.05, 0) is 20.8 Å². The van der Waals surface area contributed by atoms with Crippen LogP contribution in [0.1, 0.15) is 24.4 Å². The molecule has 1 N–H and O–H groups in total. The minimum absolute atomic E-state index is 0.513. The number of aromatic nitrogens is 2. The van der Waals surface area contributed by atoms with Gasteiger partial charge in [0.25, 0.3) is 0 Å². The fourth-order valence-corrected chi connectivity index (χ4v) is 2.32. The Morgan fingerprint density at radius 2 is 2.06 bits per heavy atom. The first-order chi connectivity index (χ1) is 7.68. The van der Waals surface area contributed by atoms with E-state index in [9.17, 15) is 0 Å². The van der Waals surface area contributed by atoms with Gasteiger partial charge in [-0.2, -0.15) is 0 Å². The van der Waals surface area contributed by atoms with Gasteiger partial charge >= 0.3 is 0 Å². The fourth-order valence-electron chi connectivity index (χ4n) is 2.32. The molecule has 1 aromatic heterocycles. The molecule has 1 unspecified atom stereocenters. The molecular formula is C12H22N4. The predicted molar refractivity (Wildman–Crippen MR) is 65.7 cm³/mol. The lowest BCUT2D eigenvalue weighted by atomic mass is 10.2. The Labute approximate surface area is 97.7 Å². The topological polar surface area (TPSA) is 33.1 Å². The summed E-state index contributed by atoms with van der Waals surface area (Å²) >= 11 is 0. The zero-order chi connectivity index (χ0) is 11.5. The van der Waals surface area contributed by atoms with Gasteiger partial charge in [-0.1, -0.05) is 0 Å². The Morgan fingerprint density at radius 3 is 2.62 bits per heavy atom. The summed E-state index contributed by atoms with van der Waals surface area (Å²) in [5.74, 6) is 0. The van der Waals surface area contributed by atoms with Crippen LogP contribution in [0.15, 0.2) is 6.33 Å². The molecule has 0 bridgehead atoms. The van der Waals surface area contributed by atoms with Crippen LogP contribution in [-0.2, 0) is 0 Å². The van der Waals surface area contributed by atoms with Gasteiger partial charge in [-0.3, -0.25) is 4.90 Å². The maximum absolute atomic E-state index is 4.36. The zero-order valence-electron chi connectivity index (χ0n) is 10.5. The monoisotopic (exact) mass is 222 g/mol. The van der Waals surface area contributed by atoms with Crippen molar-refractivity contribution in [2.75, 3.05) is 32.7 Å². The van der Waals surface area contributed by atoms with Crippen LogP contribution in [0.2, 0.25) is 0 Å². The lowest BCUT2D eigenvalue weighted by molar-refractivity contribution is 0.211. The van der Waals surface area contributed by atoms with Crippen molar-refractivity contribution < 1.29 is 0 Å². The SMILES string of the molecule is Cc1ncn(C(C)CN2CCNCC2)c1C. The van der Waals surface area contributed by atoms with Gasteiger partial charge < -0.3 is 9.88 Å². The van der Waals surface area contributed by atoms with Crippen LogP contribution in [0, 0.1) is 13.8 Å². The van der Waals surface area contributed by atoms with E-state index in [1.54, 1.807) is 0 Å². The van der Waals surface area contributed by atoms with Gasteiger partial charge in [0, 0.05) is 44.5 Å².